The Kier molecular flexibility index (Phi) is 8.55. The number of likely N-dealkylation sites (tertiary alicyclic amines) is 1. The van der Waals surface area contributed by atoms with Gasteiger partial charge in [-0.05, 0) is 62.5 Å². The summed E-state index contributed by atoms with van der Waals surface area (Å²) >= 11 is 0. The maximum atomic E-state index is 14.7. The van der Waals surface area contributed by atoms with Crippen LogP contribution in [0.1, 0.15) is 56.6 Å². The van der Waals surface area contributed by atoms with Crippen molar-refractivity contribution in [1.82, 2.24) is 4.90 Å². The molecular weight excluding hydrogens is 608 g/mol. The first kappa shape index (κ1) is 32.3. The molecule has 0 unspecified atom stereocenters. The van der Waals surface area contributed by atoms with Crippen molar-refractivity contribution >= 4 is 43.1 Å². The molecule has 2 N–H and O–H groups in total. The minimum Gasteiger partial charge on any atom is -0.432 e. The summed E-state index contributed by atoms with van der Waals surface area (Å²) in [5.41, 5.74) is 0.114. The number of fused-ring (bicyclic) bond motifs is 2. The van der Waals surface area contributed by atoms with E-state index in [1.165, 1.54) is 12.1 Å². The van der Waals surface area contributed by atoms with Crippen LogP contribution in [0.15, 0.2) is 42.5 Å². The number of nitrogens with zero attached hydrogens (tertiary/aromatic N) is 4. The van der Waals surface area contributed by atoms with Crippen molar-refractivity contribution in [2.75, 3.05) is 29.5 Å². The second kappa shape index (κ2) is 12.2. The molecule has 1 spiro atoms. The van der Waals surface area contributed by atoms with E-state index in [0.29, 0.717) is 37.2 Å². The molecule has 0 bridgehead atoms. The number of carbonyl (C=O) groups is 3. The standard InChI is InChI=1S/C33H42N4O8Si/c1-21-31(46(2,3)44)28(18-30(40)35-16-6-7-25(35)20-38)45-33(21)26-17-24(37(42)43)13-14-27(26)36(32(33)41)19-22-9-11-23(12-10-22)34-15-5-4-8-29(34)39/h9-14,17,21,25,28,31,38,44H,4-8,15-16,18-20H2,1-3H3/t21-,25+,28+,31-,33+/m1/s1. The van der Waals surface area contributed by atoms with Gasteiger partial charge in [0.05, 0.1) is 42.3 Å². The largest absolute Gasteiger partial charge is 0.432 e. The molecule has 246 valence electrons. The summed E-state index contributed by atoms with van der Waals surface area (Å²) in [5, 5.41) is 21.7. The SMILES string of the molecule is C[C@@H]1[C@@H]([Si](C)(C)O)[C@H](CC(=O)N2CCC[C@H]2CO)O[C@@]12C(=O)N(Cc1ccc(N3CCCCC3=O)cc1)c1ccc([N+](=O)[O-])cc12. The Labute approximate surface area is 269 Å². The number of anilines is 2. The van der Waals surface area contributed by atoms with Crippen LogP contribution in [0.3, 0.4) is 0 Å². The van der Waals surface area contributed by atoms with Crippen molar-refractivity contribution in [3.8, 4) is 0 Å². The molecule has 12 nitrogen and oxygen atoms in total. The zero-order valence-electron chi connectivity index (χ0n) is 26.6. The average molecular weight is 651 g/mol. The summed E-state index contributed by atoms with van der Waals surface area (Å²) in [6.45, 7) is 6.58. The van der Waals surface area contributed by atoms with E-state index in [2.05, 4.69) is 0 Å². The third-order valence-electron chi connectivity index (χ3n) is 10.4. The van der Waals surface area contributed by atoms with E-state index in [1.807, 2.05) is 31.2 Å². The summed E-state index contributed by atoms with van der Waals surface area (Å²) in [6, 6.07) is 11.6. The smallest absolute Gasteiger partial charge is 0.269 e. The summed E-state index contributed by atoms with van der Waals surface area (Å²) in [7, 11) is -3.07. The number of hydrogen-bond donors (Lipinski definition) is 2. The van der Waals surface area contributed by atoms with E-state index < -0.39 is 42.3 Å². The fourth-order valence-corrected chi connectivity index (χ4v) is 10.8. The molecule has 3 amide bonds. The van der Waals surface area contributed by atoms with Gasteiger partial charge in [0.1, 0.15) is 0 Å². The second-order valence-corrected chi connectivity index (χ2v) is 17.6. The Balaban J connectivity index is 1.35. The van der Waals surface area contributed by atoms with Crippen LogP contribution in [0, 0.1) is 16.0 Å². The Morgan fingerprint density at radius 2 is 1.85 bits per heavy atom. The first-order chi connectivity index (χ1) is 21.9. The molecule has 0 radical (unpaired) electrons. The van der Waals surface area contributed by atoms with Crippen molar-refractivity contribution in [1.29, 1.82) is 0 Å². The summed E-state index contributed by atoms with van der Waals surface area (Å²) < 4.78 is 6.72. The number of nitro groups is 1. The van der Waals surface area contributed by atoms with Crippen LogP contribution in [0.25, 0.3) is 0 Å². The lowest BCUT2D eigenvalue weighted by Gasteiger charge is -2.32. The lowest BCUT2D eigenvalue weighted by molar-refractivity contribution is -0.385. The van der Waals surface area contributed by atoms with Gasteiger partial charge in [-0.15, -0.1) is 0 Å². The topological polar surface area (TPSA) is 154 Å². The van der Waals surface area contributed by atoms with Crippen molar-refractivity contribution in [2.45, 2.75) is 88.4 Å². The van der Waals surface area contributed by atoms with Crippen LogP contribution in [0.5, 0.6) is 0 Å². The summed E-state index contributed by atoms with van der Waals surface area (Å²) in [4.78, 5) is 68.6. The van der Waals surface area contributed by atoms with Crippen molar-refractivity contribution < 1.29 is 33.9 Å². The maximum Gasteiger partial charge on any atom is 0.269 e. The quantitative estimate of drug-likeness (QED) is 0.248. The lowest BCUT2D eigenvalue weighted by Crippen LogP contribution is -2.46. The monoisotopic (exact) mass is 650 g/mol. The number of piperidine rings is 1. The van der Waals surface area contributed by atoms with Crippen LogP contribution in [-0.2, 0) is 31.3 Å². The van der Waals surface area contributed by atoms with Gasteiger partial charge in [-0.2, -0.15) is 0 Å². The van der Waals surface area contributed by atoms with Gasteiger partial charge in [-0.1, -0.05) is 19.1 Å². The van der Waals surface area contributed by atoms with Gasteiger partial charge < -0.3 is 29.3 Å². The third kappa shape index (κ3) is 5.42. The molecule has 3 fully saturated rings. The van der Waals surface area contributed by atoms with Gasteiger partial charge in [-0.25, -0.2) is 0 Å². The number of benzene rings is 2. The molecule has 2 aromatic rings. The first-order valence-corrected chi connectivity index (χ1v) is 19.2. The second-order valence-electron chi connectivity index (χ2n) is 13.6. The Bertz CT molecular complexity index is 1550. The number of aliphatic hydroxyl groups excluding tert-OH is 1. The lowest BCUT2D eigenvalue weighted by atomic mass is 9.82. The number of non-ortho nitro benzene ring substituents is 1. The zero-order chi connectivity index (χ0) is 33.0. The molecular formula is C33H42N4O8Si. The van der Waals surface area contributed by atoms with Gasteiger partial charge in [0.15, 0.2) is 13.9 Å². The average Bonchev–Trinajstić information content (AvgIpc) is 3.68. The van der Waals surface area contributed by atoms with Crippen LogP contribution >= 0.6 is 0 Å². The van der Waals surface area contributed by atoms with Gasteiger partial charge in [-0.3, -0.25) is 24.5 Å². The molecule has 13 heteroatoms. The van der Waals surface area contributed by atoms with E-state index in [0.717, 1.165) is 30.5 Å². The molecule has 4 aliphatic rings. The minimum atomic E-state index is -3.07. The highest BCUT2D eigenvalue weighted by Gasteiger charge is 2.66. The van der Waals surface area contributed by atoms with Gasteiger partial charge >= 0.3 is 0 Å². The molecule has 46 heavy (non-hydrogen) atoms. The normalized spacial score (nSPS) is 28.0. The molecule has 4 aliphatic heterocycles. The molecule has 4 heterocycles. The number of aliphatic hydroxyl groups is 1. The van der Waals surface area contributed by atoms with Crippen LogP contribution in [0.4, 0.5) is 17.1 Å². The first-order valence-electron chi connectivity index (χ1n) is 16.2. The highest BCUT2D eigenvalue weighted by atomic mass is 28.4. The minimum absolute atomic E-state index is 0.0710. The molecule has 0 saturated carbocycles. The van der Waals surface area contributed by atoms with Crippen LogP contribution in [-0.4, -0.2) is 77.6 Å². The summed E-state index contributed by atoms with van der Waals surface area (Å²) in [5.74, 6) is -1.09. The Morgan fingerprint density at radius 1 is 1.11 bits per heavy atom. The van der Waals surface area contributed by atoms with E-state index in [-0.39, 0.29) is 43.1 Å². The highest BCUT2D eigenvalue weighted by molar-refractivity contribution is 6.71. The van der Waals surface area contributed by atoms with Crippen LogP contribution < -0.4 is 9.80 Å². The zero-order valence-corrected chi connectivity index (χ0v) is 27.6. The van der Waals surface area contributed by atoms with E-state index in [4.69, 9.17) is 4.74 Å². The number of nitro benzene ring substituents is 1. The third-order valence-corrected chi connectivity index (χ3v) is 12.9. The van der Waals surface area contributed by atoms with Crippen molar-refractivity contribution in [3.05, 3.63) is 63.7 Å². The van der Waals surface area contributed by atoms with E-state index in [9.17, 15) is 34.4 Å². The van der Waals surface area contributed by atoms with Gasteiger partial charge in [0.2, 0.25) is 11.8 Å². The number of hydrogen-bond acceptors (Lipinski definition) is 8. The Morgan fingerprint density at radius 3 is 2.50 bits per heavy atom. The molecule has 5 atom stereocenters. The van der Waals surface area contributed by atoms with Crippen molar-refractivity contribution in [3.63, 3.8) is 0 Å². The van der Waals surface area contributed by atoms with E-state index in [1.54, 1.807) is 33.9 Å². The molecule has 3 saturated heterocycles. The van der Waals surface area contributed by atoms with Gasteiger partial charge in [0.25, 0.3) is 11.6 Å². The fourth-order valence-electron chi connectivity index (χ4n) is 8.22. The highest BCUT2D eigenvalue weighted by Crippen LogP contribution is 2.60. The summed E-state index contributed by atoms with van der Waals surface area (Å²) in [6.07, 6.45) is 2.97. The van der Waals surface area contributed by atoms with Gasteiger partial charge in [0, 0.05) is 54.4 Å². The van der Waals surface area contributed by atoms with Crippen molar-refractivity contribution in [2.24, 2.45) is 5.92 Å². The number of carbonyl (C=O) groups excluding carboxylic acids is 3. The maximum absolute atomic E-state index is 14.7. The number of rotatable bonds is 8. The molecule has 2 aromatic carbocycles. The molecule has 0 aromatic heterocycles. The fraction of sp³-hybridized carbons (Fsp3) is 0.545. The van der Waals surface area contributed by atoms with E-state index >= 15 is 0 Å². The molecule has 0 aliphatic carbocycles. The van der Waals surface area contributed by atoms with Crippen LogP contribution in [0.2, 0.25) is 18.6 Å². The predicted molar refractivity (Wildman–Crippen MR) is 173 cm³/mol. The molecule has 6 rings (SSSR count). The number of ether oxygens (including phenoxy) is 1. The number of amides is 3. The predicted octanol–water partition coefficient (Wildman–Crippen LogP) is 3.83. The Hall–Kier alpha value is -3.65.